The molecule has 3 heteroatoms. The van der Waals surface area contributed by atoms with Gasteiger partial charge >= 0.3 is 0 Å². The average molecular weight is 350 g/mol. The van der Waals surface area contributed by atoms with Gasteiger partial charge in [-0.1, -0.05) is 44.2 Å². The summed E-state index contributed by atoms with van der Waals surface area (Å²) in [6, 6.07) is 16.9. The zero-order valence-electron chi connectivity index (χ0n) is 15.5. The van der Waals surface area contributed by atoms with Crippen molar-refractivity contribution in [1.29, 1.82) is 0 Å². The fraction of sp³-hybridized carbons (Fsp3) is 0.167. The standard InChI is InChI=1S/C24H18N2O/c1-13-14-7-4-5-8-15(14)19-20-18(27-23(19)26-13)11-10-16-21(20)24(2,3)17-9-6-12-25-22(16)17/h4-12H,1-3H3. The normalized spacial score (nSPS) is 14.8. The third-order valence-corrected chi connectivity index (χ3v) is 6.05. The molecule has 0 atom stereocenters. The van der Waals surface area contributed by atoms with Gasteiger partial charge in [-0.15, -0.1) is 0 Å². The van der Waals surface area contributed by atoms with E-state index < -0.39 is 0 Å². The summed E-state index contributed by atoms with van der Waals surface area (Å²) >= 11 is 0. The first-order valence-corrected chi connectivity index (χ1v) is 9.28. The molecule has 5 aromatic rings. The Morgan fingerprint density at radius 3 is 2.56 bits per heavy atom. The van der Waals surface area contributed by atoms with E-state index in [2.05, 4.69) is 56.3 Å². The highest BCUT2D eigenvalue weighted by Gasteiger charge is 2.39. The third-order valence-electron chi connectivity index (χ3n) is 6.05. The van der Waals surface area contributed by atoms with Crippen molar-refractivity contribution in [3.05, 3.63) is 71.5 Å². The van der Waals surface area contributed by atoms with Gasteiger partial charge < -0.3 is 4.42 Å². The van der Waals surface area contributed by atoms with Crippen molar-refractivity contribution in [1.82, 2.24) is 9.97 Å². The Balaban J connectivity index is 1.89. The van der Waals surface area contributed by atoms with Gasteiger partial charge in [-0.2, -0.15) is 0 Å². The van der Waals surface area contributed by atoms with Crippen molar-refractivity contribution < 1.29 is 4.42 Å². The summed E-state index contributed by atoms with van der Waals surface area (Å²) in [6.07, 6.45) is 1.88. The molecule has 3 aromatic heterocycles. The molecule has 3 heterocycles. The van der Waals surface area contributed by atoms with Crippen LogP contribution in [0.15, 0.2) is 59.1 Å². The molecule has 1 aliphatic carbocycles. The Bertz CT molecular complexity index is 1410. The lowest BCUT2D eigenvalue weighted by Crippen LogP contribution is -2.15. The average Bonchev–Trinajstić information content (AvgIpc) is 3.15. The molecule has 27 heavy (non-hydrogen) atoms. The summed E-state index contributed by atoms with van der Waals surface area (Å²) < 4.78 is 6.23. The second kappa shape index (κ2) is 4.74. The molecular weight excluding hydrogens is 332 g/mol. The fourth-order valence-electron chi connectivity index (χ4n) is 4.84. The highest BCUT2D eigenvalue weighted by atomic mass is 16.3. The largest absolute Gasteiger partial charge is 0.438 e. The topological polar surface area (TPSA) is 38.9 Å². The van der Waals surface area contributed by atoms with Crippen LogP contribution in [0, 0.1) is 6.92 Å². The van der Waals surface area contributed by atoms with Gasteiger partial charge in [-0.25, -0.2) is 4.98 Å². The van der Waals surface area contributed by atoms with Crippen LogP contribution in [0.3, 0.4) is 0 Å². The molecule has 130 valence electrons. The zero-order chi connectivity index (χ0) is 18.3. The molecule has 0 aliphatic heterocycles. The number of pyridine rings is 2. The number of aryl methyl sites for hydroxylation is 1. The molecule has 2 aromatic carbocycles. The van der Waals surface area contributed by atoms with Crippen LogP contribution in [0.5, 0.6) is 0 Å². The van der Waals surface area contributed by atoms with Crippen LogP contribution >= 0.6 is 0 Å². The molecule has 1 aliphatic rings. The molecule has 0 bridgehead atoms. The molecule has 0 N–H and O–H groups in total. The van der Waals surface area contributed by atoms with Gasteiger partial charge in [0.15, 0.2) is 0 Å². The van der Waals surface area contributed by atoms with E-state index in [9.17, 15) is 0 Å². The van der Waals surface area contributed by atoms with Crippen LogP contribution in [0.25, 0.3) is 44.1 Å². The second-order valence-corrected chi connectivity index (χ2v) is 7.91. The molecule has 0 fully saturated rings. The lowest BCUT2D eigenvalue weighted by molar-refractivity contribution is 0.647. The van der Waals surface area contributed by atoms with E-state index in [1.54, 1.807) is 0 Å². The molecular formula is C24H18N2O. The zero-order valence-corrected chi connectivity index (χ0v) is 15.5. The summed E-state index contributed by atoms with van der Waals surface area (Å²) in [5, 5.41) is 4.67. The van der Waals surface area contributed by atoms with Crippen LogP contribution in [-0.4, -0.2) is 9.97 Å². The molecule has 0 saturated heterocycles. The summed E-state index contributed by atoms with van der Waals surface area (Å²) in [5.74, 6) is 0. The van der Waals surface area contributed by atoms with E-state index in [0.29, 0.717) is 5.71 Å². The number of fused-ring (bicyclic) bond motifs is 9. The maximum atomic E-state index is 6.23. The molecule has 0 radical (unpaired) electrons. The first-order chi connectivity index (χ1) is 13.1. The van der Waals surface area contributed by atoms with Crippen molar-refractivity contribution in [2.45, 2.75) is 26.2 Å². The van der Waals surface area contributed by atoms with Crippen molar-refractivity contribution in [2.24, 2.45) is 0 Å². The first-order valence-electron chi connectivity index (χ1n) is 9.28. The Labute approximate surface area is 156 Å². The van der Waals surface area contributed by atoms with Crippen LogP contribution in [-0.2, 0) is 5.41 Å². The summed E-state index contributed by atoms with van der Waals surface area (Å²) in [6.45, 7) is 6.60. The Hall–Kier alpha value is -3.20. The Kier molecular flexibility index (Phi) is 2.62. The van der Waals surface area contributed by atoms with Gasteiger partial charge in [0.1, 0.15) is 5.58 Å². The number of rotatable bonds is 0. The van der Waals surface area contributed by atoms with Gasteiger partial charge in [0.05, 0.1) is 11.1 Å². The number of benzene rings is 2. The van der Waals surface area contributed by atoms with Crippen molar-refractivity contribution in [3.8, 4) is 11.3 Å². The minimum Gasteiger partial charge on any atom is -0.438 e. The van der Waals surface area contributed by atoms with Crippen molar-refractivity contribution >= 4 is 32.8 Å². The van der Waals surface area contributed by atoms with Crippen LogP contribution in [0.1, 0.15) is 30.7 Å². The summed E-state index contributed by atoms with van der Waals surface area (Å²) in [7, 11) is 0. The third kappa shape index (κ3) is 1.72. The molecule has 3 nitrogen and oxygen atoms in total. The van der Waals surface area contributed by atoms with Crippen LogP contribution in [0.4, 0.5) is 0 Å². The Morgan fingerprint density at radius 2 is 1.70 bits per heavy atom. The number of furan rings is 1. The lowest BCUT2D eigenvalue weighted by atomic mass is 9.80. The van der Waals surface area contributed by atoms with E-state index in [4.69, 9.17) is 14.4 Å². The van der Waals surface area contributed by atoms with Crippen molar-refractivity contribution in [3.63, 3.8) is 0 Å². The number of hydrogen-bond acceptors (Lipinski definition) is 3. The predicted molar refractivity (Wildman–Crippen MR) is 109 cm³/mol. The number of aromatic nitrogens is 2. The lowest BCUT2D eigenvalue weighted by Gasteiger charge is -2.21. The Morgan fingerprint density at radius 1 is 0.889 bits per heavy atom. The molecule has 0 amide bonds. The molecule has 0 unspecified atom stereocenters. The molecule has 0 spiro atoms. The van der Waals surface area contributed by atoms with Crippen LogP contribution in [0.2, 0.25) is 0 Å². The molecule has 6 rings (SSSR count). The minimum atomic E-state index is -0.138. The quantitative estimate of drug-likeness (QED) is 0.336. The molecule has 0 saturated carbocycles. The number of nitrogens with zero attached hydrogens (tertiary/aromatic N) is 2. The number of hydrogen-bond donors (Lipinski definition) is 0. The first kappa shape index (κ1) is 14.9. The maximum absolute atomic E-state index is 6.23. The fourth-order valence-corrected chi connectivity index (χ4v) is 4.84. The highest BCUT2D eigenvalue weighted by Crippen LogP contribution is 2.52. The predicted octanol–water partition coefficient (Wildman–Crippen LogP) is 6.14. The summed E-state index contributed by atoms with van der Waals surface area (Å²) in [5.41, 5.74) is 7.32. The van der Waals surface area contributed by atoms with E-state index in [1.165, 1.54) is 32.8 Å². The monoisotopic (exact) mass is 350 g/mol. The van der Waals surface area contributed by atoms with Gasteiger partial charge in [0.2, 0.25) is 5.71 Å². The second-order valence-electron chi connectivity index (χ2n) is 7.91. The smallest absolute Gasteiger partial charge is 0.228 e. The van der Waals surface area contributed by atoms with E-state index in [-0.39, 0.29) is 5.41 Å². The minimum absolute atomic E-state index is 0.138. The van der Waals surface area contributed by atoms with Gasteiger partial charge in [0.25, 0.3) is 0 Å². The van der Waals surface area contributed by atoms with Crippen LogP contribution < -0.4 is 0 Å². The van der Waals surface area contributed by atoms with E-state index >= 15 is 0 Å². The summed E-state index contributed by atoms with van der Waals surface area (Å²) in [4.78, 5) is 9.48. The van der Waals surface area contributed by atoms with Gasteiger partial charge in [-0.05, 0) is 41.6 Å². The van der Waals surface area contributed by atoms with Gasteiger partial charge in [-0.3, -0.25) is 4.98 Å². The van der Waals surface area contributed by atoms with E-state index in [1.807, 2.05) is 19.2 Å². The van der Waals surface area contributed by atoms with Gasteiger partial charge in [0, 0.05) is 33.6 Å². The maximum Gasteiger partial charge on any atom is 0.228 e. The SMILES string of the molecule is Cc1nc2oc3ccc4c(c3c2c2ccccc12)C(C)(C)c1cccnc1-4. The highest BCUT2D eigenvalue weighted by molar-refractivity contribution is 6.20. The van der Waals surface area contributed by atoms with Crippen molar-refractivity contribution in [2.75, 3.05) is 0 Å². The van der Waals surface area contributed by atoms with E-state index in [0.717, 1.165) is 22.4 Å².